The van der Waals surface area contributed by atoms with Gasteiger partial charge in [-0.3, -0.25) is 9.10 Å². The molecule has 7 heteroatoms. The minimum Gasteiger partial charge on any atom is -0.496 e. The standard InChI is InChI=1S/C15H22N2O4S/c1-16(22(3,19)20)12-7-8-14(21-2)13(11-12)15(18)17-9-5-4-6-10-17/h7-8,11H,4-6,9-10H2,1-3H3. The molecule has 0 aliphatic carbocycles. The van der Waals surface area contributed by atoms with Gasteiger partial charge in [0.1, 0.15) is 5.75 Å². The molecule has 6 nitrogen and oxygen atoms in total. The minimum absolute atomic E-state index is 0.111. The first-order valence-electron chi connectivity index (χ1n) is 7.26. The van der Waals surface area contributed by atoms with Crippen molar-refractivity contribution in [3.05, 3.63) is 23.8 Å². The molecule has 1 saturated heterocycles. The van der Waals surface area contributed by atoms with E-state index in [0.29, 0.717) is 17.0 Å². The third-order valence-electron chi connectivity index (χ3n) is 3.92. The number of hydrogen-bond acceptors (Lipinski definition) is 4. The Morgan fingerprint density at radius 2 is 1.86 bits per heavy atom. The Balaban J connectivity index is 2.38. The lowest BCUT2D eigenvalue weighted by molar-refractivity contribution is 0.0721. The van der Waals surface area contributed by atoms with Crippen LogP contribution in [0.4, 0.5) is 5.69 Å². The first kappa shape index (κ1) is 16.6. The number of benzene rings is 1. The van der Waals surface area contributed by atoms with Gasteiger partial charge in [-0.25, -0.2) is 8.42 Å². The second kappa shape index (κ2) is 6.56. The number of likely N-dealkylation sites (tertiary alicyclic amines) is 1. The SMILES string of the molecule is COc1ccc(N(C)S(C)(=O)=O)cc1C(=O)N1CCCCC1. The molecule has 0 spiro atoms. The van der Waals surface area contributed by atoms with E-state index >= 15 is 0 Å². The van der Waals surface area contributed by atoms with E-state index in [4.69, 9.17) is 4.74 Å². The Morgan fingerprint density at radius 1 is 1.23 bits per heavy atom. The molecule has 0 saturated carbocycles. The Kier molecular flexibility index (Phi) is 4.95. The molecule has 1 amide bonds. The summed E-state index contributed by atoms with van der Waals surface area (Å²) in [4.78, 5) is 14.5. The highest BCUT2D eigenvalue weighted by Gasteiger charge is 2.23. The van der Waals surface area contributed by atoms with Crippen molar-refractivity contribution in [3.8, 4) is 5.75 Å². The predicted molar refractivity (Wildman–Crippen MR) is 86.0 cm³/mol. The molecule has 1 aliphatic heterocycles. The highest BCUT2D eigenvalue weighted by molar-refractivity contribution is 7.92. The molecular formula is C15H22N2O4S. The minimum atomic E-state index is -3.38. The summed E-state index contributed by atoms with van der Waals surface area (Å²) in [5, 5.41) is 0. The van der Waals surface area contributed by atoms with E-state index in [1.54, 1.807) is 23.1 Å². The number of amides is 1. The normalized spacial score (nSPS) is 15.5. The number of hydrogen-bond donors (Lipinski definition) is 0. The van der Waals surface area contributed by atoms with Gasteiger partial charge in [0.2, 0.25) is 10.0 Å². The monoisotopic (exact) mass is 326 g/mol. The fraction of sp³-hybridized carbons (Fsp3) is 0.533. The van der Waals surface area contributed by atoms with Crippen LogP contribution in [-0.4, -0.2) is 52.7 Å². The van der Waals surface area contributed by atoms with Crippen LogP contribution >= 0.6 is 0 Å². The van der Waals surface area contributed by atoms with Crippen LogP contribution in [0.2, 0.25) is 0 Å². The lowest BCUT2D eigenvalue weighted by Crippen LogP contribution is -2.36. The van der Waals surface area contributed by atoms with E-state index in [-0.39, 0.29) is 5.91 Å². The van der Waals surface area contributed by atoms with E-state index in [0.717, 1.165) is 42.9 Å². The highest BCUT2D eigenvalue weighted by Crippen LogP contribution is 2.27. The maximum Gasteiger partial charge on any atom is 0.257 e. The second-order valence-electron chi connectivity index (χ2n) is 5.47. The van der Waals surface area contributed by atoms with Gasteiger partial charge < -0.3 is 9.64 Å². The number of piperidine rings is 1. The van der Waals surface area contributed by atoms with Crippen molar-refractivity contribution in [3.63, 3.8) is 0 Å². The van der Waals surface area contributed by atoms with E-state index in [9.17, 15) is 13.2 Å². The zero-order chi connectivity index (χ0) is 16.3. The van der Waals surface area contributed by atoms with Gasteiger partial charge in [-0.2, -0.15) is 0 Å². The molecule has 0 N–H and O–H groups in total. The van der Waals surface area contributed by atoms with E-state index in [2.05, 4.69) is 0 Å². The molecule has 2 rings (SSSR count). The summed E-state index contributed by atoms with van der Waals surface area (Å²) in [6, 6.07) is 4.85. The van der Waals surface area contributed by atoms with Crippen molar-refractivity contribution in [1.82, 2.24) is 4.90 Å². The highest BCUT2D eigenvalue weighted by atomic mass is 32.2. The van der Waals surface area contributed by atoms with E-state index in [1.807, 2.05) is 0 Å². The lowest BCUT2D eigenvalue weighted by Gasteiger charge is -2.28. The molecule has 1 aromatic rings. The molecule has 22 heavy (non-hydrogen) atoms. The fourth-order valence-corrected chi connectivity index (χ4v) is 3.01. The van der Waals surface area contributed by atoms with Gasteiger partial charge in [-0.05, 0) is 37.5 Å². The largest absolute Gasteiger partial charge is 0.496 e. The van der Waals surface area contributed by atoms with Crippen LogP contribution < -0.4 is 9.04 Å². The molecule has 0 radical (unpaired) electrons. The fourth-order valence-electron chi connectivity index (χ4n) is 2.52. The molecule has 122 valence electrons. The van der Waals surface area contributed by atoms with Crippen LogP contribution in [-0.2, 0) is 10.0 Å². The number of carbonyl (C=O) groups is 1. The number of anilines is 1. The topological polar surface area (TPSA) is 66.9 Å². The number of ether oxygens (including phenoxy) is 1. The number of nitrogens with zero attached hydrogens (tertiary/aromatic N) is 2. The van der Waals surface area contributed by atoms with Gasteiger partial charge in [-0.1, -0.05) is 0 Å². The molecule has 1 aromatic carbocycles. The Labute approximate surface area is 131 Å². The summed E-state index contributed by atoms with van der Waals surface area (Å²) in [5.41, 5.74) is 0.848. The molecular weight excluding hydrogens is 304 g/mol. The zero-order valence-corrected chi connectivity index (χ0v) is 14.0. The summed E-state index contributed by atoms with van der Waals surface area (Å²) >= 11 is 0. The second-order valence-corrected chi connectivity index (χ2v) is 7.48. The first-order chi connectivity index (χ1) is 10.3. The maximum atomic E-state index is 12.7. The molecule has 1 heterocycles. The van der Waals surface area contributed by atoms with Crippen LogP contribution in [0.5, 0.6) is 5.75 Å². The van der Waals surface area contributed by atoms with Gasteiger partial charge >= 0.3 is 0 Å². The Bertz CT molecular complexity index is 652. The maximum absolute atomic E-state index is 12.7. The van der Waals surface area contributed by atoms with Gasteiger partial charge in [0, 0.05) is 20.1 Å². The van der Waals surface area contributed by atoms with Gasteiger partial charge in [0.15, 0.2) is 0 Å². The molecule has 0 bridgehead atoms. The van der Waals surface area contributed by atoms with Crippen molar-refractivity contribution in [2.45, 2.75) is 19.3 Å². The van der Waals surface area contributed by atoms with Gasteiger partial charge in [0.05, 0.1) is 24.6 Å². The summed E-state index contributed by atoms with van der Waals surface area (Å²) in [5.74, 6) is 0.349. The number of rotatable bonds is 4. The van der Waals surface area contributed by atoms with Crippen LogP contribution in [0.1, 0.15) is 29.6 Å². The van der Waals surface area contributed by atoms with Crippen molar-refractivity contribution >= 4 is 21.6 Å². The van der Waals surface area contributed by atoms with Crippen LogP contribution in [0, 0.1) is 0 Å². The smallest absolute Gasteiger partial charge is 0.257 e. The van der Waals surface area contributed by atoms with Gasteiger partial charge in [-0.15, -0.1) is 0 Å². The molecule has 1 aliphatic rings. The molecule has 1 fully saturated rings. The van der Waals surface area contributed by atoms with Crippen molar-refractivity contribution in [2.24, 2.45) is 0 Å². The van der Waals surface area contributed by atoms with Crippen molar-refractivity contribution in [2.75, 3.05) is 37.8 Å². The Hall–Kier alpha value is -1.76. The summed E-state index contributed by atoms with van der Waals surface area (Å²) in [7, 11) is -0.408. The molecule has 0 aromatic heterocycles. The Morgan fingerprint density at radius 3 is 2.41 bits per heavy atom. The average Bonchev–Trinajstić information content (AvgIpc) is 2.52. The number of sulfonamides is 1. The third-order valence-corrected chi connectivity index (χ3v) is 5.12. The van der Waals surface area contributed by atoms with E-state index in [1.165, 1.54) is 14.2 Å². The molecule has 0 unspecified atom stereocenters. The summed E-state index contributed by atoms with van der Waals surface area (Å²) < 4.78 is 29.8. The van der Waals surface area contributed by atoms with Crippen molar-refractivity contribution < 1.29 is 17.9 Å². The van der Waals surface area contributed by atoms with E-state index < -0.39 is 10.0 Å². The lowest BCUT2D eigenvalue weighted by atomic mass is 10.1. The first-order valence-corrected chi connectivity index (χ1v) is 9.10. The molecule has 0 atom stereocenters. The average molecular weight is 326 g/mol. The van der Waals surface area contributed by atoms with Gasteiger partial charge in [0.25, 0.3) is 5.91 Å². The van der Waals surface area contributed by atoms with Crippen molar-refractivity contribution in [1.29, 1.82) is 0 Å². The summed E-state index contributed by atoms with van der Waals surface area (Å²) in [6.07, 6.45) is 4.26. The summed E-state index contributed by atoms with van der Waals surface area (Å²) in [6.45, 7) is 1.46. The zero-order valence-electron chi connectivity index (χ0n) is 13.2. The quantitative estimate of drug-likeness (QED) is 0.845. The third kappa shape index (κ3) is 3.52. The van der Waals surface area contributed by atoms with Crippen LogP contribution in [0.3, 0.4) is 0 Å². The number of methoxy groups -OCH3 is 1. The van der Waals surface area contributed by atoms with Crippen LogP contribution in [0.25, 0.3) is 0 Å². The number of carbonyl (C=O) groups excluding carboxylic acids is 1. The predicted octanol–water partition coefficient (Wildman–Crippen LogP) is 1.72. The van der Waals surface area contributed by atoms with Crippen LogP contribution in [0.15, 0.2) is 18.2 Å².